The van der Waals surface area contributed by atoms with Crippen LogP contribution in [-0.2, 0) is 31.3 Å². The highest BCUT2D eigenvalue weighted by molar-refractivity contribution is 7.90. The number of rotatable bonds is 3. The highest BCUT2D eigenvalue weighted by Crippen LogP contribution is 2.34. The molecule has 1 unspecified atom stereocenters. The average Bonchev–Trinajstić information content (AvgIpc) is 2.93. The monoisotopic (exact) mass is 407 g/mol. The minimum atomic E-state index is -4.00. The number of nitrogens with two attached hydrogens (primary N) is 1. The van der Waals surface area contributed by atoms with Crippen LogP contribution in [0.2, 0.25) is 5.02 Å². The number of carbonyl (C=O) groups excluding carboxylic acids is 1. The minimum Gasteiger partial charge on any atom is -0.326 e. The highest BCUT2D eigenvalue weighted by atomic mass is 35.5. The van der Waals surface area contributed by atoms with Crippen molar-refractivity contribution in [3.8, 4) is 0 Å². The summed E-state index contributed by atoms with van der Waals surface area (Å²) in [4.78, 5) is 11.6. The normalized spacial score (nSPS) is 22.3. The molecule has 2 aliphatic rings. The van der Waals surface area contributed by atoms with Crippen LogP contribution in [0.15, 0.2) is 17.0 Å². The van der Waals surface area contributed by atoms with Crippen LogP contribution < -0.4 is 10.5 Å². The number of anilines is 1. The van der Waals surface area contributed by atoms with E-state index >= 15 is 0 Å². The number of fused-ring (bicyclic) bond motifs is 1. The van der Waals surface area contributed by atoms with Crippen molar-refractivity contribution in [2.45, 2.75) is 35.8 Å². The maximum atomic E-state index is 12.9. The Kier molecular flexibility index (Phi) is 4.84. The summed E-state index contributed by atoms with van der Waals surface area (Å²) in [7, 11) is -7.81. The van der Waals surface area contributed by atoms with E-state index < -0.39 is 25.3 Å². The Morgan fingerprint density at radius 3 is 2.56 bits per heavy atom. The molecule has 3 rings (SSSR count). The van der Waals surface area contributed by atoms with E-state index in [1.165, 1.54) is 6.07 Å². The van der Waals surface area contributed by atoms with Gasteiger partial charge >= 0.3 is 0 Å². The number of aryl methyl sites for hydroxylation is 1. The van der Waals surface area contributed by atoms with Crippen LogP contribution >= 0.6 is 11.6 Å². The molecule has 3 N–H and O–H groups in total. The van der Waals surface area contributed by atoms with Crippen molar-refractivity contribution in [2.24, 2.45) is 5.14 Å². The molecule has 138 valence electrons. The molecule has 0 bridgehead atoms. The van der Waals surface area contributed by atoms with Crippen LogP contribution in [-0.4, -0.2) is 45.4 Å². The Balaban J connectivity index is 1.97. The smallest absolute Gasteiger partial charge is 0.244 e. The molecule has 11 heteroatoms. The third-order valence-electron chi connectivity index (χ3n) is 4.47. The summed E-state index contributed by atoms with van der Waals surface area (Å²) >= 11 is 6.18. The van der Waals surface area contributed by atoms with Gasteiger partial charge in [-0.2, -0.15) is 4.31 Å². The van der Waals surface area contributed by atoms with Gasteiger partial charge in [0.05, 0.1) is 10.3 Å². The summed E-state index contributed by atoms with van der Waals surface area (Å²) in [5.41, 5.74) is 1.20. The van der Waals surface area contributed by atoms with Crippen LogP contribution in [0.5, 0.6) is 0 Å². The van der Waals surface area contributed by atoms with Gasteiger partial charge in [0.25, 0.3) is 0 Å². The van der Waals surface area contributed by atoms with E-state index in [-0.39, 0.29) is 35.3 Å². The van der Waals surface area contributed by atoms with Gasteiger partial charge in [0.1, 0.15) is 4.90 Å². The second-order valence-electron chi connectivity index (χ2n) is 6.20. The van der Waals surface area contributed by atoms with Crippen LogP contribution in [0.25, 0.3) is 0 Å². The van der Waals surface area contributed by atoms with Gasteiger partial charge in [-0.25, -0.2) is 22.0 Å². The first-order chi connectivity index (χ1) is 11.6. The second-order valence-corrected chi connectivity index (χ2v) is 10.4. The summed E-state index contributed by atoms with van der Waals surface area (Å²) < 4.78 is 49.7. The molecule has 0 spiro atoms. The van der Waals surface area contributed by atoms with Crippen molar-refractivity contribution >= 4 is 43.2 Å². The van der Waals surface area contributed by atoms with Crippen LogP contribution in [0, 0.1) is 0 Å². The van der Waals surface area contributed by atoms with Gasteiger partial charge < -0.3 is 5.32 Å². The summed E-state index contributed by atoms with van der Waals surface area (Å²) in [6, 6.07) is 2.89. The lowest BCUT2D eigenvalue weighted by Gasteiger charge is -2.19. The van der Waals surface area contributed by atoms with Crippen molar-refractivity contribution in [3.05, 3.63) is 22.7 Å². The van der Waals surface area contributed by atoms with Crippen LogP contribution in [0.4, 0.5) is 5.69 Å². The largest absolute Gasteiger partial charge is 0.326 e. The molecule has 0 radical (unpaired) electrons. The summed E-state index contributed by atoms with van der Waals surface area (Å²) in [5.74, 6) is -0.181. The Labute approximate surface area is 151 Å². The van der Waals surface area contributed by atoms with Gasteiger partial charge in [-0.3, -0.25) is 4.79 Å². The average molecular weight is 408 g/mol. The van der Waals surface area contributed by atoms with Gasteiger partial charge in [-0.05, 0) is 37.0 Å². The summed E-state index contributed by atoms with van der Waals surface area (Å²) in [6.45, 7) is -0.163. The first-order valence-electron chi connectivity index (χ1n) is 7.73. The van der Waals surface area contributed by atoms with E-state index in [2.05, 4.69) is 5.32 Å². The van der Waals surface area contributed by atoms with Gasteiger partial charge in [0, 0.05) is 25.2 Å². The van der Waals surface area contributed by atoms with Crippen molar-refractivity contribution in [1.82, 2.24) is 4.31 Å². The summed E-state index contributed by atoms with van der Waals surface area (Å²) in [6.07, 6.45) is 1.77. The Bertz CT molecular complexity index is 930. The number of carbonyl (C=O) groups is 1. The van der Waals surface area contributed by atoms with E-state index in [4.69, 9.17) is 16.7 Å². The first-order valence-corrected chi connectivity index (χ1v) is 11.2. The molecule has 8 nitrogen and oxygen atoms in total. The molecule has 1 fully saturated rings. The zero-order valence-electron chi connectivity index (χ0n) is 13.2. The fraction of sp³-hybridized carbons (Fsp3) is 0.500. The fourth-order valence-corrected chi connectivity index (χ4v) is 6.06. The zero-order chi connectivity index (χ0) is 18.4. The molecule has 1 aromatic rings. The maximum absolute atomic E-state index is 12.9. The number of nitrogens with one attached hydrogen (secondary N) is 1. The van der Waals surface area contributed by atoms with Gasteiger partial charge in [0.15, 0.2) is 0 Å². The fourth-order valence-electron chi connectivity index (χ4n) is 3.09. The Morgan fingerprint density at radius 1 is 1.20 bits per heavy atom. The zero-order valence-corrected chi connectivity index (χ0v) is 15.6. The lowest BCUT2D eigenvalue weighted by molar-refractivity contribution is -0.116. The minimum absolute atomic E-state index is 0.0448. The van der Waals surface area contributed by atoms with E-state index in [9.17, 15) is 21.6 Å². The molecule has 0 saturated carbocycles. The molecule has 2 aliphatic heterocycles. The molecule has 25 heavy (non-hydrogen) atoms. The van der Waals surface area contributed by atoms with Gasteiger partial charge in [0.2, 0.25) is 26.0 Å². The van der Waals surface area contributed by atoms with Gasteiger partial charge in [-0.1, -0.05) is 11.6 Å². The molecule has 1 aromatic carbocycles. The maximum Gasteiger partial charge on any atom is 0.244 e. The van der Waals surface area contributed by atoms with E-state index in [1.807, 2.05) is 0 Å². The van der Waals surface area contributed by atoms with Gasteiger partial charge in [-0.15, -0.1) is 0 Å². The second kappa shape index (κ2) is 6.51. The number of primary sulfonamides is 1. The molecule has 0 aromatic heterocycles. The number of hydrogen-bond acceptors (Lipinski definition) is 5. The third-order valence-corrected chi connectivity index (χ3v) is 8.12. The van der Waals surface area contributed by atoms with Crippen LogP contribution in [0.1, 0.15) is 24.8 Å². The van der Waals surface area contributed by atoms with Crippen molar-refractivity contribution < 1.29 is 21.6 Å². The standard InChI is InChI=1S/C14H18ClN3O5S2/c15-11-6-9-2-1-3-14(19)17-12(9)7-13(11)25(22,23)18-5-4-10(8-18)24(16,20)21/h6-7,10H,1-5,8H2,(H,17,19)(H2,16,20,21). The van der Waals surface area contributed by atoms with E-state index in [1.54, 1.807) is 6.07 Å². The number of halogens is 1. The quantitative estimate of drug-likeness (QED) is 0.761. The van der Waals surface area contributed by atoms with Crippen molar-refractivity contribution in [3.63, 3.8) is 0 Å². The highest BCUT2D eigenvalue weighted by Gasteiger charge is 2.38. The SMILES string of the molecule is NS(=O)(=O)C1CCN(S(=O)(=O)c2cc3c(cc2Cl)CCCC(=O)N3)C1. The number of sulfonamides is 2. The van der Waals surface area contributed by atoms with Crippen LogP contribution in [0.3, 0.4) is 0 Å². The lowest BCUT2D eigenvalue weighted by atomic mass is 10.1. The first kappa shape index (κ1) is 18.6. The van der Waals surface area contributed by atoms with E-state index in [0.29, 0.717) is 24.9 Å². The Morgan fingerprint density at radius 2 is 1.92 bits per heavy atom. The number of amides is 1. The third kappa shape index (κ3) is 3.68. The number of nitrogens with zero attached hydrogens (tertiary/aromatic N) is 1. The number of benzene rings is 1. The Hall–Kier alpha value is -1.20. The van der Waals surface area contributed by atoms with E-state index in [0.717, 1.165) is 9.87 Å². The molecule has 2 heterocycles. The van der Waals surface area contributed by atoms with Crippen molar-refractivity contribution in [2.75, 3.05) is 18.4 Å². The molecular formula is C14H18ClN3O5S2. The predicted molar refractivity (Wildman–Crippen MR) is 93.3 cm³/mol. The summed E-state index contributed by atoms with van der Waals surface area (Å²) in [5, 5.41) is 6.93. The molecule has 1 atom stereocenters. The predicted octanol–water partition coefficient (Wildman–Crippen LogP) is 0.666. The molecular weight excluding hydrogens is 390 g/mol. The molecule has 1 amide bonds. The topological polar surface area (TPSA) is 127 Å². The molecule has 0 aliphatic carbocycles. The number of hydrogen-bond donors (Lipinski definition) is 2. The molecule has 1 saturated heterocycles. The lowest BCUT2D eigenvalue weighted by Crippen LogP contribution is -2.34. The van der Waals surface area contributed by atoms with Crippen molar-refractivity contribution in [1.29, 1.82) is 0 Å².